The van der Waals surface area contributed by atoms with Crippen molar-refractivity contribution in [3.8, 4) is 6.07 Å². The highest BCUT2D eigenvalue weighted by atomic mass is 16.5. The zero-order chi connectivity index (χ0) is 22.8. The Hall–Kier alpha value is -3.27. The first-order valence-electron chi connectivity index (χ1n) is 12.1. The van der Waals surface area contributed by atoms with Gasteiger partial charge in [0.15, 0.2) is 5.76 Å². The Morgan fingerprint density at radius 2 is 1.85 bits per heavy atom. The molecule has 0 radical (unpaired) electrons. The number of para-hydroxylation sites is 1. The number of nitrogens with zero attached hydrogens (tertiary/aromatic N) is 4. The number of anilines is 1. The van der Waals surface area contributed by atoms with Crippen LogP contribution in [-0.2, 0) is 16.1 Å². The highest BCUT2D eigenvalue weighted by Gasteiger charge is 2.29. The summed E-state index contributed by atoms with van der Waals surface area (Å²) >= 11 is 0. The van der Waals surface area contributed by atoms with Crippen molar-refractivity contribution < 1.29 is 9.53 Å². The number of hydrogen-bond donors (Lipinski definition) is 0. The van der Waals surface area contributed by atoms with E-state index in [9.17, 15) is 14.9 Å². The van der Waals surface area contributed by atoms with Crippen molar-refractivity contribution in [1.82, 2.24) is 9.47 Å². The molecule has 1 aromatic carbocycles. The van der Waals surface area contributed by atoms with Crippen LogP contribution in [0.3, 0.4) is 0 Å². The molecule has 172 valence electrons. The molecule has 5 rings (SSSR count). The predicted molar refractivity (Wildman–Crippen MR) is 127 cm³/mol. The van der Waals surface area contributed by atoms with Gasteiger partial charge in [0, 0.05) is 44.5 Å². The highest BCUT2D eigenvalue weighted by molar-refractivity contribution is 5.95. The van der Waals surface area contributed by atoms with Gasteiger partial charge in [-0.2, -0.15) is 5.26 Å². The second-order valence-corrected chi connectivity index (χ2v) is 9.26. The molecule has 3 heterocycles. The van der Waals surface area contributed by atoms with E-state index in [-0.39, 0.29) is 17.0 Å². The Labute approximate surface area is 193 Å². The van der Waals surface area contributed by atoms with Gasteiger partial charge in [-0.3, -0.25) is 9.59 Å². The SMILES string of the molecule is N#Cc1c(N2CCN(C(=O)C3=CCCO3)CC2)c2ccccc2n(CC2CCCCC2)c1=O. The number of amides is 1. The van der Waals surface area contributed by atoms with Crippen LogP contribution < -0.4 is 10.5 Å². The minimum absolute atomic E-state index is 0.0691. The number of hydrogen-bond acceptors (Lipinski definition) is 5. The van der Waals surface area contributed by atoms with E-state index in [1.54, 1.807) is 4.90 Å². The van der Waals surface area contributed by atoms with Gasteiger partial charge in [-0.05, 0) is 30.9 Å². The summed E-state index contributed by atoms with van der Waals surface area (Å²) in [4.78, 5) is 30.1. The number of fused-ring (bicyclic) bond motifs is 1. The van der Waals surface area contributed by atoms with Crippen molar-refractivity contribution in [2.75, 3.05) is 37.7 Å². The Balaban J connectivity index is 1.46. The predicted octanol–water partition coefficient (Wildman–Crippen LogP) is 3.41. The van der Waals surface area contributed by atoms with Crippen molar-refractivity contribution in [1.29, 1.82) is 5.26 Å². The van der Waals surface area contributed by atoms with Gasteiger partial charge in [-0.1, -0.05) is 37.5 Å². The summed E-state index contributed by atoms with van der Waals surface area (Å²) in [5.41, 5.74) is 1.62. The largest absolute Gasteiger partial charge is 0.488 e. The summed E-state index contributed by atoms with van der Waals surface area (Å²) in [6, 6.07) is 10.2. The number of piperazine rings is 1. The van der Waals surface area contributed by atoms with Crippen LogP contribution in [0.4, 0.5) is 5.69 Å². The molecule has 0 unspecified atom stereocenters. The van der Waals surface area contributed by atoms with Gasteiger partial charge in [0.25, 0.3) is 11.5 Å². The van der Waals surface area contributed by atoms with E-state index in [4.69, 9.17) is 4.74 Å². The van der Waals surface area contributed by atoms with Crippen LogP contribution in [0.2, 0.25) is 0 Å². The van der Waals surface area contributed by atoms with Crippen molar-refractivity contribution in [3.05, 3.63) is 52.0 Å². The van der Waals surface area contributed by atoms with Gasteiger partial charge < -0.3 is 19.1 Å². The van der Waals surface area contributed by atoms with Crippen LogP contribution in [0.25, 0.3) is 10.9 Å². The van der Waals surface area contributed by atoms with E-state index in [1.165, 1.54) is 19.3 Å². The molecule has 2 fully saturated rings. The zero-order valence-corrected chi connectivity index (χ0v) is 19.0. The van der Waals surface area contributed by atoms with Gasteiger partial charge >= 0.3 is 0 Å². The summed E-state index contributed by atoms with van der Waals surface area (Å²) in [6.07, 6.45) is 8.60. The summed E-state index contributed by atoms with van der Waals surface area (Å²) in [7, 11) is 0. The number of carbonyl (C=O) groups excluding carboxylic acids is 1. The van der Waals surface area contributed by atoms with Crippen LogP contribution in [0.5, 0.6) is 0 Å². The van der Waals surface area contributed by atoms with Gasteiger partial charge in [0.1, 0.15) is 11.6 Å². The summed E-state index contributed by atoms with van der Waals surface area (Å²) in [5.74, 6) is 0.858. The van der Waals surface area contributed by atoms with Crippen molar-refractivity contribution in [3.63, 3.8) is 0 Å². The third-order valence-corrected chi connectivity index (χ3v) is 7.22. The number of aromatic nitrogens is 1. The van der Waals surface area contributed by atoms with Crippen LogP contribution in [0, 0.1) is 17.2 Å². The van der Waals surface area contributed by atoms with Crippen LogP contribution in [0.15, 0.2) is 40.9 Å². The molecule has 0 atom stereocenters. The van der Waals surface area contributed by atoms with E-state index in [2.05, 4.69) is 11.0 Å². The Morgan fingerprint density at radius 3 is 2.55 bits per heavy atom. The third-order valence-electron chi connectivity index (χ3n) is 7.22. The third kappa shape index (κ3) is 4.10. The molecule has 1 saturated carbocycles. The zero-order valence-electron chi connectivity index (χ0n) is 19.0. The lowest BCUT2D eigenvalue weighted by Gasteiger charge is -2.37. The second kappa shape index (κ2) is 9.30. The monoisotopic (exact) mass is 446 g/mol. The fraction of sp³-hybridized carbons (Fsp3) is 0.500. The van der Waals surface area contributed by atoms with E-state index >= 15 is 0 Å². The molecule has 0 bridgehead atoms. The maximum absolute atomic E-state index is 13.5. The summed E-state index contributed by atoms with van der Waals surface area (Å²) in [6.45, 7) is 3.45. The summed E-state index contributed by atoms with van der Waals surface area (Å²) in [5, 5.41) is 11.0. The number of rotatable bonds is 4. The van der Waals surface area contributed by atoms with Crippen LogP contribution in [-0.4, -0.2) is 48.2 Å². The first-order chi connectivity index (χ1) is 16.2. The van der Waals surface area contributed by atoms with Crippen LogP contribution >= 0.6 is 0 Å². The van der Waals surface area contributed by atoms with Gasteiger partial charge in [-0.15, -0.1) is 0 Å². The first kappa shape index (κ1) is 21.6. The molecule has 33 heavy (non-hydrogen) atoms. The normalized spacial score (nSPS) is 19.3. The number of nitriles is 1. The average molecular weight is 447 g/mol. The lowest BCUT2D eigenvalue weighted by atomic mass is 9.89. The molecule has 0 N–H and O–H groups in total. The lowest BCUT2D eigenvalue weighted by molar-refractivity contribution is -0.130. The standard InChI is InChI=1S/C26H30N4O3/c27-17-21-24(28-12-14-29(15-13-28)26(32)23-11-6-16-33-23)20-9-4-5-10-22(20)30(25(21)31)18-19-7-2-1-3-8-19/h4-5,9-11,19H,1-3,6-8,12-16,18H2. The van der Waals surface area contributed by atoms with E-state index in [1.807, 2.05) is 34.9 Å². The minimum atomic E-state index is -0.195. The number of pyridine rings is 1. The van der Waals surface area contributed by atoms with Gasteiger partial charge in [-0.25, -0.2) is 0 Å². The second-order valence-electron chi connectivity index (χ2n) is 9.26. The van der Waals surface area contributed by atoms with E-state index < -0.39 is 0 Å². The molecule has 3 aliphatic rings. The number of benzene rings is 1. The summed E-state index contributed by atoms with van der Waals surface area (Å²) < 4.78 is 7.26. The molecular formula is C26H30N4O3. The molecule has 1 aromatic heterocycles. The molecule has 1 aliphatic carbocycles. The number of carbonyl (C=O) groups is 1. The first-order valence-corrected chi connectivity index (χ1v) is 12.1. The molecule has 7 heteroatoms. The van der Waals surface area contributed by atoms with Crippen molar-refractivity contribution >= 4 is 22.5 Å². The lowest BCUT2D eigenvalue weighted by Crippen LogP contribution is -2.50. The average Bonchev–Trinajstić information content (AvgIpc) is 3.41. The van der Waals surface area contributed by atoms with Crippen molar-refractivity contribution in [2.24, 2.45) is 5.92 Å². The molecule has 1 amide bonds. The van der Waals surface area contributed by atoms with Crippen molar-refractivity contribution in [2.45, 2.75) is 45.1 Å². The van der Waals surface area contributed by atoms with Gasteiger partial charge in [0.2, 0.25) is 0 Å². The Kier molecular flexibility index (Phi) is 6.08. The fourth-order valence-electron chi connectivity index (χ4n) is 5.48. The molecule has 7 nitrogen and oxygen atoms in total. The topological polar surface area (TPSA) is 78.6 Å². The smallest absolute Gasteiger partial charge is 0.288 e. The Morgan fingerprint density at radius 1 is 1.09 bits per heavy atom. The molecule has 2 aliphatic heterocycles. The molecular weight excluding hydrogens is 416 g/mol. The minimum Gasteiger partial charge on any atom is -0.488 e. The number of ether oxygens (including phenoxy) is 1. The Bertz CT molecular complexity index is 1180. The maximum Gasteiger partial charge on any atom is 0.288 e. The molecule has 2 aromatic rings. The van der Waals surface area contributed by atoms with E-state index in [0.29, 0.717) is 56.7 Å². The molecule has 0 spiro atoms. The van der Waals surface area contributed by atoms with E-state index in [0.717, 1.165) is 30.2 Å². The fourth-order valence-corrected chi connectivity index (χ4v) is 5.48. The maximum atomic E-state index is 13.5. The van der Waals surface area contributed by atoms with Crippen LogP contribution in [0.1, 0.15) is 44.1 Å². The van der Waals surface area contributed by atoms with Gasteiger partial charge in [0.05, 0.1) is 17.8 Å². The quantitative estimate of drug-likeness (QED) is 0.719. The molecule has 1 saturated heterocycles. The highest BCUT2D eigenvalue weighted by Crippen LogP contribution is 2.32.